The molecule has 0 radical (unpaired) electrons. The molecule has 0 bridgehead atoms. The Bertz CT molecular complexity index is 1200. The van der Waals surface area contributed by atoms with Crippen LogP contribution < -0.4 is 14.8 Å². The third-order valence-electron chi connectivity index (χ3n) is 6.03. The second-order valence-corrected chi connectivity index (χ2v) is 9.44. The summed E-state index contributed by atoms with van der Waals surface area (Å²) in [6, 6.07) is 13.2. The smallest absolute Gasteiger partial charge is 0.266 e. The molecule has 0 saturated carbocycles. The van der Waals surface area contributed by atoms with Gasteiger partial charge >= 0.3 is 0 Å². The van der Waals surface area contributed by atoms with E-state index in [1.54, 1.807) is 7.11 Å². The van der Waals surface area contributed by atoms with Crippen molar-refractivity contribution in [3.63, 3.8) is 0 Å². The molecule has 2 aromatic carbocycles. The molecule has 0 spiro atoms. The second kappa shape index (κ2) is 7.30. The molecule has 1 aliphatic heterocycles. The number of fused-ring (bicyclic) bond motifs is 3. The average molecular weight is 429 g/mol. The Balaban J connectivity index is 1.58. The number of ether oxygens (including phenoxy) is 2. The lowest BCUT2D eigenvalue weighted by molar-refractivity contribution is 0.338. The Morgan fingerprint density at radius 1 is 1.13 bits per heavy atom. The Kier molecular flexibility index (Phi) is 4.72. The van der Waals surface area contributed by atoms with E-state index in [0.29, 0.717) is 6.54 Å². The first-order chi connectivity index (χ1) is 14.4. The SMILES string of the molecule is COc1ccc(Oc2ccc3c(c2)c2c4n3C(CS(=O)(=O)O)CNC4CCC2)cc1. The summed E-state index contributed by atoms with van der Waals surface area (Å²) in [5.41, 5.74) is 3.39. The van der Waals surface area contributed by atoms with Gasteiger partial charge < -0.3 is 19.4 Å². The molecule has 0 fully saturated rings. The summed E-state index contributed by atoms with van der Waals surface area (Å²) in [6.07, 6.45) is 3.05. The number of rotatable bonds is 5. The summed E-state index contributed by atoms with van der Waals surface area (Å²) < 4.78 is 46.0. The van der Waals surface area contributed by atoms with Crippen molar-refractivity contribution in [3.8, 4) is 17.2 Å². The van der Waals surface area contributed by atoms with Crippen LogP contribution in [0.1, 0.15) is 36.2 Å². The third kappa shape index (κ3) is 3.45. The highest BCUT2D eigenvalue weighted by atomic mass is 32.2. The molecular weight excluding hydrogens is 404 g/mol. The molecule has 3 aromatic rings. The van der Waals surface area contributed by atoms with Gasteiger partial charge in [0.25, 0.3) is 10.1 Å². The molecule has 1 aromatic heterocycles. The lowest BCUT2D eigenvalue weighted by atomic mass is 9.90. The molecule has 0 amide bonds. The minimum Gasteiger partial charge on any atom is -0.497 e. The Hall–Kier alpha value is -2.55. The summed E-state index contributed by atoms with van der Waals surface area (Å²) >= 11 is 0. The minimum atomic E-state index is -4.08. The largest absolute Gasteiger partial charge is 0.497 e. The van der Waals surface area contributed by atoms with Crippen molar-refractivity contribution < 1.29 is 22.4 Å². The van der Waals surface area contributed by atoms with Gasteiger partial charge in [-0.15, -0.1) is 0 Å². The molecule has 0 saturated heterocycles. The van der Waals surface area contributed by atoms with Crippen molar-refractivity contribution >= 4 is 21.0 Å². The van der Waals surface area contributed by atoms with Crippen molar-refractivity contribution in [2.24, 2.45) is 0 Å². The summed E-state index contributed by atoms with van der Waals surface area (Å²) in [6.45, 7) is 0.519. The summed E-state index contributed by atoms with van der Waals surface area (Å²) in [7, 11) is -2.46. The number of benzene rings is 2. The number of aromatic nitrogens is 1. The topological polar surface area (TPSA) is 89.8 Å². The molecule has 7 nitrogen and oxygen atoms in total. The molecule has 2 atom stereocenters. The van der Waals surface area contributed by atoms with E-state index in [4.69, 9.17) is 9.47 Å². The third-order valence-corrected chi connectivity index (χ3v) is 6.84. The fourth-order valence-electron chi connectivity index (χ4n) is 4.82. The Morgan fingerprint density at radius 2 is 1.87 bits per heavy atom. The van der Waals surface area contributed by atoms with Crippen molar-refractivity contribution in [1.29, 1.82) is 0 Å². The number of nitrogens with one attached hydrogen (secondary N) is 1. The fraction of sp³-hybridized carbons (Fsp3) is 0.364. The van der Waals surface area contributed by atoms with Gasteiger partial charge in [-0.1, -0.05) is 0 Å². The van der Waals surface area contributed by atoms with E-state index in [0.717, 1.165) is 53.1 Å². The highest BCUT2D eigenvalue weighted by molar-refractivity contribution is 7.85. The van der Waals surface area contributed by atoms with Gasteiger partial charge in [-0.05, 0) is 67.3 Å². The zero-order valence-corrected chi connectivity index (χ0v) is 17.5. The number of hydrogen-bond acceptors (Lipinski definition) is 5. The van der Waals surface area contributed by atoms with Crippen LogP contribution in [-0.2, 0) is 16.5 Å². The molecule has 1 aliphatic carbocycles. The van der Waals surface area contributed by atoms with Crippen LogP contribution in [0.2, 0.25) is 0 Å². The lowest BCUT2D eigenvalue weighted by Gasteiger charge is -2.35. The van der Waals surface area contributed by atoms with Crippen LogP contribution in [0.4, 0.5) is 0 Å². The van der Waals surface area contributed by atoms with Crippen LogP contribution in [0.5, 0.6) is 17.2 Å². The number of nitrogens with zero attached hydrogens (tertiary/aromatic N) is 1. The van der Waals surface area contributed by atoms with E-state index in [-0.39, 0.29) is 17.8 Å². The summed E-state index contributed by atoms with van der Waals surface area (Å²) in [5, 5.41) is 4.56. The first-order valence-corrected chi connectivity index (χ1v) is 11.7. The van der Waals surface area contributed by atoms with Crippen LogP contribution in [-0.4, -0.2) is 36.9 Å². The molecule has 2 N–H and O–H groups in total. The maximum absolute atomic E-state index is 11.6. The van der Waals surface area contributed by atoms with Gasteiger partial charge in [0, 0.05) is 29.2 Å². The quantitative estimate of drug-likeness (QED) is 0.600. The second-order valence-electron chi connectivity index (χ2n) is 7.95. The molecule has 5 rings (SSSR count). The van der Waals surface area contributed by atoms with Crippen molar-refractivity contribution in [2.75, 3.05) is 19.4 Å². The first-order valence-electron chi connectivity index (χ1n) is 10.1. The van der Waals surface area contributed by atoms with E-state index < -0.39 is 10.1 Å². The normalized spacial score (nSPS) is 20.7. The van der Waals surface area contributed by atoms with Crippen LogP contribution in [0, 0.1) is 0 Å². The van der Waals surface area contributed by atoms with E-state index in [1.165, 1.54) is 5.56 Å². The summed E-state index contributed by atoms with van der Waals surface area (Å²) in [5.74, 6) is 1.92. The van der Waals surface area contributed by atoms with Gasteiger partial charge in [0.05, 0.1) is 18.9 Å². The molecule has 2 unspecified atom stereocenters. The molecule has 2 heterocycles. The predicted molar refractivity (Wildman–Crippen MR) is 114 cm³/mol. The van der Waals surface area contributed by atoms with Crippen LogP contribution in [0.15, 0.2) is 42.5 Å². The van der Waals surface area contributed by atoms with Crippen molar-refractivity contribution in [1.82, 2.24) is 9.88 Å². The average Bonchev–Trinajstić information content (AvgIpc) is 3.06. The van der Waals surface area contributed by atoms with Crippen LogP contribution in [0.25, 0.3) is 10.9 Å². The summed E-state index contributed by atoms with van der Waals surface area (Å²) in [4.78, 5) is 0. The van der Waals surface area contributed by atoms with Gasteiger partial charge in [0.1, 0.15) is 17.2 Å². The Labute approximate surface area is 175 Å². The fourth-order valence-corrected chi connectivity index (χ4v) is 5.58. The van der Waals surface area contributed by atoms with Crippen molar-refractivity contribution in [3.05, 3.63) is 53.7 Å². The van der Waals surface area contributed by atoms with Gasteiger partial charge in [-0.25, -0.2) is 0 Å². The number of aryl methyl sites for hydroxylation is 1. The highest BCUT2D eigenvalue weighted by Gasteiger charge is 2.35. The molecule has 158 valence electrons. The predicted octanol–water partition coefficient (Wildman–Crippen LogP) is 3.85. The van der Waals surface area contributed by atoms with Crippen LogP contribution >= 0.6 is 0 Å². The maximum Gasteiger partial charge on any atom is 0.266 e. The standard InChI is InChI=1S/C22H24N2O5S/c1-28-15-5-7-16(8-6-15)29-17-9-10-21-19(11-17)18-3-2-4-20-22(18)24(21)14(12-23-20)13-30(25,26)27/h5-11,14,20,23H,2-4,12-13H2,1H3,(H,25,26,27). The van der Waals surface area contributed by atoms with Gasteiger partial charge in [0.2, 0.25) is 0 Å². The van der Waals surface area contributed by atoms with E-state index in [2.05, 4.69) is 9.88 Å². The van der Waals surface area contributed by atoms with Gasteiger partial charge in [-0.3, -0.25) is 4.55 Å². The molecule has 2 aliphatic rings. The van der Waals surface area contributed by atoms with E-state index >= 15 is 0 Å². The van der Waals surface area contributed by atoms with E-state index in [1.807, 2.05) is 42.5 Å². The maximum atomic E-state index is 11.6. The number of methoxy groups -OCH3 is 1. The first kappa shape index (κ1) is 19.4. The zero-order valence-electron chi connectivity index (χ0n) is 16.7. The lowest BCUT2D eigenvalue weighted by Crippen LogP contribution is -2.41. The zero-order chi connectivity index (χ0) is 20.9. The number of hydrogen-bond donors (Lipinski definition) is 2. The monoisotopic (exact) mass is 428 g/mol. The van der Waals surface area contributed by atoms with Crippen molar-refractivity contribution in [2.45, 2.75) is 31.3 Å². The van der Waals surface area contributed by atoms with Gasteiger partial charge in [-0.2, -0.15) is 8.42 Å². The van der Waals surface area contributed by atoms with Crippen LogP contribution in [0.3, 0.4) is 0 Å². The van der Waals surface area contributed by atoms with E-state index in [9.17, 15) is 13.0 Å². The molecule has 8 heteroatoms. The molecule has 30 heavy (non-hydrogen) atoms. The Morgan fingerprint density at radius 3 is 2.60 bits per heavy atom. The molecular formula is C22H24N2O5S. The highest BCUT2D eigenvalue weighted by Crippen LogP contribution is 2.43. The minimum absolute atomic E-state index is 0.213. The van der Waals surface area contributed by atoms with Gasteiger partial charge in [0.15, 0.2) is 0 Å².